The van der Waals surface area contributed by atoms with Crippen molar-refractivity contribution in [3.8, 4) is 0 Å². The second-order valence-electron chi connectivity index (χ2n) is 5.14. The zero-order valence-electron chi connectivity index (χ0n) is 12.7. The first kappa shape index (κ1) is 19.4. The lowest BCUT2D eigenvalue weighted by molar-refractivity contribution is -0.123. The molecule has 0 aliphatic carbocycles. The van der Waals surface area contributed by atoms with Crippen LogP contribution in [0.3, 0.4) is 0 Å². The van der Waals surface area contributed by atoms with Crippen molar-refractivity contribution in [3.05, 3.63) is 35.4 Å². The van der Waals surface area contributed by atoms with E-state index >= 15 is 0 Å². The first-order valence-corrected chi connectivity index (χ1v) is 6.81. The zero-order valence-corrected chi connectivity index (χ0v) is 13.5. The maximum Gasteiger partial charge on any atom is 0.251 e. The number of hydrogen-bond acceptors (Lipinski definition) is 3. The number of rotatable bonds is 6. The smallest absolute Gasteiger partial charge is 0.251 e. The van der Waals surface area contributed by atoms with E-state index in [2.05, 4.69) is 10.6 Å². The molecule has 0 heterocycles. The van der Waals surface area contributed by atoms with E-state index in [9.17, 15) is 9.59 Å². The summed E-state index contributed by atoms with van der Waals surface area (Å²) in [5.41, 5.74) is 6.99. The van der Waals surface area contributed by atoms with Gasteiger partial charge in [-0.15, -0.1) is 12.4 Å². The van der Waals surface area contributed by atoms with Crippen molar-refractivity contribution in [1.82, 2.24) is 10.6 Å². The van der Waals surface area contributed by atoms with E-state index in [0.717, 1.165) is 5.56 Å². The molecule has 21 heavy (non-hydrogen) atoms. The predicted molar refractivity (Wildman–Crippen MR) is 86.6 cm³/mol. The monoisotopic (exact) mass is 313 g/mol. The van der Waals surface area contributed by atoms with Gasteiger partial charge in [0, 0.05) is 18.7 Å². The van der Waals surface area contributed by atoms with Gasteiger partial charge in [0.1, 0.15) is 6.04 Å². The standard InChI is InChI=1S/C15H23N3O2.ClH/c1-10(2)13(15(20)17-9-8-16)18-14(19)12-6-4-11(3)5-7-12;/h4-7,10,13H,8-9,16H2,1-3H3,(H,17,20)(H,18,19);1H. The Morgan fingerprint density at radius 1 is 1.19 bits per heavy atom. The minimum Gasteiger partial charge on any atom is -0.353 e. The first-order chi connectivity index (χ1) is 9.45. The summed E-state index contributed by atoms with van der Waals surface area (Å²) in [5, 5.41) is 5.47. The van der Waals surface area contributed by atoms with E-state index in [1.54, 1.807) is 12.1 Å². The van der Waals surface area contributed by atoms with Crippen LogP contribution in [0, 0.1) is 12.8 Å². The van der Waals surface area contributed by atoms with Crippen LogP contribution in [0.15, 0.2) is 24.3 Å². The molecule has 1 aromatic carbocycles. The molecule has 0 aromatic heterocycles. The van der Waals surface area contributed by atoms with Gasteiger partial charge < -0.3 is 16.4 Å². The van der Waals surface area contributed by atoms with E-state index < -0.39 is 6.04 Å². The van der Waals surface area contributed by atoms with E-state index in [1.807, 2.05) is 32.9 Å². The highest BCUT2D eigenvalue weighted by Gasteiger charge is 2.24. The van der Waals surface area contributed by atoms with Crippen LogP contribution in [-0.4, -0.2) is 30.9 Å². The molecule has 2 amide bonds. The third-order valence-corrected chi connectivity index (χ3v) is 2.99. The molecular weight excluding hydrogens is 290 g/mol. The number of nitrogens with one attached hydrogen (secondary N) is 2. The molecule has 118 valence electrons. The van der Waals surface area contributed by atoms with Gasteiger partial charge in [0.25, 0.3) is 5.91 Å². The number of carbonyl (C=O) groups is 2. The Bertz CT molecular complexity index is 460. The van der Waals surface area contributed by atoms with Gasteiger partial charge in [-0.2, -0.15) is 0 Å². The van der Waals surface area contributed by atoms with Crippen molar-refractivity contribution >= 4 is 24.2 Å². The van der Waals surface area contributed by atoms with Crippen LogP contribution < -0.4 is 16.4 Å². The Kier molecular flexibility index (Phi) is 8.66. The Morgan fingerprint density at radius 2 is 1.76 bits per heavy atom. The summed E-state index contributed by atoms with van der Waals surface area (Å²) >= 11 is 0. The summed E-state index contributed by atoms with van der Waals surface area (Å²) in [7, 11) is 0. The average molecular weight is 314 g/mol. The maximum absolute atomic E-state index is 12.1. The normalized spacial score (nSPS) is 11.5. The van der Waals surface area contributed by atoms with E-state index in [-0.39, 0.29) is 30.1 Å². The first-order valence-electron chi connectivity index (χ1n) is 6.81. The maximum atomic E-state index is 12.1. The van der Waals surface area contributed by atoms with Crippen LogP contribution >= 0.6 is 12.4 Å². The Hall–Kier alpha value is -1.59. The fraction of sp³-hybridized carbons (Fsp3) is 0.467. The molecule has 0 saturated heterocycles. The Labute approximate surface area is 132 Å². The van der Waals surface area contributed by atoms with Crippen molar-refractivity contribution < 1.29 is 9.59 Å². The van der Waals surface area contributed by atoms with Crippen LogP contribution in [0.1, 0.15) is 29.8 Å². The van der Waals surface area contributed by atoms with Gasteiger partial charge in [-0.25, -0.2) is 0 Å². The van der Waals surface area contributed by atoms with Crippen LogP contribution in [0.2, 0.25) is 0 Å². The molecule has 1 rings (SSSR count). The molecule has 1 unspecified atom stereocenters. The highest BCUT2D eigenvalue weighted by atomic mass is 35.5. The summed E-state index contributed by atoms with van der Waals surface area (Å²) in [6, 6.07) is 6.68. The summed E-state index contributed by atoms with van der Waals surface area (Å²) in [6.07, 6.45) is 0. The lowest BCUT2D eigenvalue weighted by atomic mass is 10.0. The fourth-order valence-electron chi connectivity index (χ4n) is 1.77. The number of amides is 2. The quantitative estimate of drug-likeness (QED) is 0.739. The van der Waals surface area contributed by atoms with Gasteiger partial charge in [0.15, 0.2) is 0 Å². The molecule has 1 aromatic rings. The SMILES string of the molecule is Cc1ccc(C(=O)NC(C(=O)NCCN)C(C)C)cc1.Cl. The van der Waals surface area contributed by atoms with Crippen molar-refractivity contribution in [2.24, 2.45) is 11.7 Å². The Balaban J connectivity index is 0.00000400. The molecular formula is C15H24ClN3O2. The minimum absolute atomic E-state index is 0. The summed E-state index contributed by atoms with van der Waals surface area (Å²) < 4.78 is 0. The number of carbonyl (C=O) groups excluding carboxylic acids is 2. The second kappa shape index (κ2) is 9.37. The Morgan fingerprint density at radius 3 is 2.24 bits per heavy atom. The van der Waals surface area contributed by atoms with Crippen LogP contribution in [0.5, 0.6) is 0 Å². The molecule has 0 radical (unpaired) electrons. The number of nitrogens with two attached hydrogens (primary N) is 1. The van der Waals surface area contributed by atoms with Gasteiger partial charge in [-0.1, -0.05) is 31.5 Å². The summed E-state index contributed by atoms with van der Waals surface area (Å²) in [6.45, 7) is 6.52. The van der Waals surface area contributed by atoms with Gasteiger partial charge in [0.05, 0.1) is 0 Å². The minimum atomic E-state index is -0.560. The molecule has 0 bridgehead atoms. The van der Waals surface area contributed by atoms with Crippen molar-refractivity contribution in [1.29, 1.82) is 0 Å². The van der Waals surface area contributed by atoms with Gasteiger partial charge in [0.2, 0.25) is 5.91 Å². The van der Waals surface area contributed by atoms with Gasteiger partial charge in [-0.05, 0) is 25.0 Å². The lowest BCUT2D eigenvalue weighted by Crippen LogP contribution is -2.50. The highest BCUT2D eigenvalue weighted by molar-refractivity contribution is 5.97. The number of benzene rings is 1. The van der Waals surface area contributed by atoms with Crippen molar-refractivity contribution in [3.63, 3.8) is 0 Å². The number of halogens is 1. The predicted octanol–water partition coefficient (Wildman–Crippen LogP) is 1.25. The third kappa shape index (κ3) is 6.14. The van der Waals surface area contributed by atoms with E-state index in [1.165, 1.54) is 0 Å². The van der Waals surface area contributed by atoms with Crippen molar-refractivity contribution in [2.75, 3.05) is 13.1 Å². The average Bonchev–Trinajstić information content (AvgIpc) is 2.42. The zero-order chi connectivity index (χ0) is 15.1. The third-order valence-electron chi connectivity index (χ3n) is 2.99. The van der Waals surface area contributed by atoms with Gasteiger partial charge >= 0.3 is 0 Å². The fourth-order valence-corrected chi connectivity index (χ4v) is 1.77. The second-order valence-corrected chi connectivity index (χ2v) is 5.14. The van der Waals surface area contributed by atoms with E-state index in [4.69, 9.17) is 5.73 Å². The summed E-state index contributed by atoms with van der Waals surface area (Å²) in [5.74, 6) is -0.445. The largest absolute Gasteiger partial charge is 0.353 e. The number of hydrogen-bond donors (Lipinski definition) is 3. The van der Waals surface area contributed by atoms with Gasteiger partial charge in [-0.3, -0.25) is 9.59 Å². The molecule has 5 nitrogen and oxygen atoms in total. The molecule has 1 atom stereocenters. The molecule has 0 aliphatic heterocycles. The van der Waals surface area contributed by atoms with Crippen LogP contribution in [0.4, 0.5) is 0 Å². The van der Waals surface area contributed by atoms with Crippen molar-refractivity contribution in [2.45, 2.75) is 26.8 Å². The molecule has 0 fully saturated rings. The highest BCUT2D eigenvalue weighted by Crippen LogP contribution is 2.06. The molecule has 6 heteroatoms. The van der Waals surface area contributed by atoms with Crippen LogP contribution in [-0.2, 0) is 4.79 Å². The topological polar surface area (TPSA) is 84.2 Å². The molecule has 0 aliphatic rings. The molecule has 0 saturated carbocycles. The summed E-state index contributed by atoms with van der Waals surface area (Å²) in [4.78, 5) is 24.1. The van der Waals surface area contributed by atoms with Crippen LogP contribution in [0.25, 0.3) is 0 Å². The lowest BCUT2D eigenvalue weighted by Gasteiger charge is -2.21. The molecule has 4 N–H and O–H groups in total. The molecule has 0 spiro atoms. The number of aryl methyl sites for hydroxylation is 1. The van der Waals surface area contributed by atoms with E-state index in [0.29, 0.717) is 18.7 Å².